The van der Waals surface area contributed by atoms with Crippen molar-refractivity contribution in [3.63, 3.8) is 0 Å². The molecule has 2 aromatic carbocycles. The second kappa shape index (κ2) is 9.95. The second-order valence-electron chi connectivity index (χ2n) is 7.23. The molecule has 1 heterocycles. The number of benzene rings is 2. The van der Waals surface area contributed by atoms with Crippen LogP contribution in [0.15, 0.2) is 58.4 Å². The summed E-state index contributed by atoms with van der Waals surface area (Å²) in [4.78, 5) is 7.33. The number of likely N-dealkylation sites (tertiary alicyclic amines) is 1. The zero-order valence-electron chi connectivity index (χ0n) is 17.8. The van der Waals surface area contributed by atoms with Gasteiger partial charge in [0.05, 0.1) is 18.6 Å². The molecular weight excluding hydrogens is 400 g/mol. The van der Waals surface area contributed by atoms with Gasteiger partial charge in [0.1, 0.15) is 5.75 Å². The fraction of sp³-hybridized carbons (Fsp3) is 0.409. The highest BCUT2D eigenvalue weighted by Gasteiger charge is 2.26. The highest BCUT2D eigenvalue weighted by Crippen LogP contribution is 2.28. The summed E-state index contributed by atoms with van der Waals surface area (Å²) in [6, 6.07) is 15.1. The molecule has 3 rings (SSSR count). The minimum atomic E-state index is -3.42. The van der Waals surface area contributed by atoms with Crippen molar-refractivity contribution in [2.45, 2.75) is 30.7 Å². The van der Waals surface area contributed by atoms with E-state index in [-0.39, 0.29) is 4.90 Å². The fourth-order valence-corrected chi connectivity index (χ4v) is 4.31. The molecule has 1 aliphatic heterocycles. The van der Waals surface area contributed by atoms with Crippen molar-refractivity contribution in [1.29, 1.82) is 0 Å². The van der Waals surface area contributed by atoms with Crippen molar-refractivity contribution in [3.05, 3.63) is 59.7 Å². The zero-order chi connectivity index (χ0) is 21.6. The minimum absolute atomic E-state index is 0.256. The summed E-state index contributed by atoms with van der Waals surface area (Å²) in [7, 11) is -0.332. The van der Waals surface area contributed by atoms with Gasteiger partial charge in [0.15, 0.2) is 5.96 Å². The predicted octanol–water partition coefficient (Wildman–Crippen LogP) is 2.56. The Hall–Kier alpha value is -2.58. The van der Waals surface area contributed by atoms with Crippen LogP contribution in [-0.2, 0) is 16.6 Å². The first-order valence-corrected chi connectivity index (χ1v) is 11.6. The lowest BCUT2D eigenvalue weighted by molar-refractivity contribution is 0.414. The summed E-state index contributed by atoms with van der Waals surface area (Å²) in [5.74, 6) is 2.23. The molecule has 8 heteroatoms. The monoisotopic (exact) mass is 430 g/mol. The van der Waals surface area contributed by atoms with Crippen LogP contribution in [0.3, 0.4) is 0 Å². The second-order valence-corrected chi connectivity index (χ2v) is 9.11. The molecule has 2 aromatic rings. The standard InChI is InChI=1S/C22H30N4O3S/c1-4-24-22(25-15-17-5-11-21(12-6-17)30(27,28)23-2)26-14-13-19(16-26)18-7-9-20(29-3)10-8-18/h5-12,19,23H,4,13-16H2,1-3H3,(H,24,25). The largest absolute Gasteiger partial charge is 0.497 e. The summed E-state index contributed by atoms with van der Waals surface area (Å²) in [6.07, 6.45) is 1.08. The number of ether oxygens (including phenoxy) is 1. The predicted molar refractivity (Wildman–Crippen MR) is 119 cm³/mol. The summed E-state index contributed by atoms with van der Waals surface area (Å²) in [5, 5.41) is 3.38. The van der Waals surface area contributed by atoms with Gasteiger partial charge >= 0.3 is 0 Å². The highest BCUT2D eigenvalue weighted by molar-refractivity contribution is 7.89. The molecule has 1 aliphatic rings. The third-order valence-electron chi connectivity index (χ3n) is 5.32. The Labute approximate surface area is 179 Å². The van der Waals surface area contributed by atoms with Gasteiger partial charge in [0.25, 0.3) is 0 Å². The molecule has 1 unspecified atom stereocenters. The van der Waals surface area contributed by atoms with Crippen LogP contribution in [0, 0.1) is 0 Å². The van der Waals surface area contributed by atoms with E-state index < -0.39 is 10.0 Å². The van der Waals surface area contributed by atoms with Crippen LogP contribution in [0.1, 0.15) is 30.4 Å². The Morgan fingerprint density at radius 2 is 1.87 bits per heavy atom. The SMILES string of the molecule is CCNC(=NCc1ccc(S(=O)(=O)NC)cc1)N1CCC(c2ccc(OC)cc2)C1. The number of guanidine groups is 1. The van der Waals surface area contributed by atoms with Crippen LogP contribution < -0.4 is 14.8 Å². The van der Waals surface area contributed by atoms with E-state index in [0.29, 0.717) is 12.5 Å². The van der Waals surface area contributed by atoms with Crippen molar-refractivity contribution < 1.29 is 13.2 Å². The van der Waals surface area contributed by atoms with Gasteiger partial charge in [-0.1, -0.05) is 24.3 Å². The average Bonchev–Trinajstić information content (AvgIpc) is 3.27. The molecule has 0 amide bonds. The topological polar surface area (TPSA) is 83.0 Å². The van der Waals surface area contributed by atoms with Crippen LogP contribution in [0.4, 0.5) is 0 Å². The Bertz CT molecular complexity index is 957. The third kappa shape index (κ3) is 5.31. The maximum absolute atomic E-state index is 11.9. The molecule has 0 bridgehead atoms. The molecule has 0 aliphatic carbocycles. The van der Waals surface area contributed by atoms with E-state index in [9.17, 15) is 8.42 Å². The van der Waals surface area contributed by atoms with E-state index in [2.05, 4.69) is 34.0 Å². The van der Waals surface area contributed by atoms with Crippen molar-refractivity contribution in [2.24, 2.45) is 4.99 Å². The summed E-state index contributed by atoms with van der Waals surface area (Å²) in [6.45, 7) is 5.21. The number of hydrogen-bond donors (Lipinski definition) is 2. The van der Waals surface area contributed by atoms with Crippen LogP contribution in [0.5, 0.6) is 5.75 Å². The van der Waals surface area contributed by atoms with Gasteiger partial charge in [-0.3, -0.25) is 0 Å². The summed E-state index contributed by atoms with van der Waals surface area (Å²) < 4.78 is 31.3. The van der Waals surface area contributed by atoms with E-state index in [1.807, 2.05) is 12.1 Å². The number of nitrogens with zero attached hydrogens (tertiary/aromatic N) is 2. The first-order chi connectivity index (χ1) is 14.5. The normalized spacial score (nSPS) is 17.2. The number of nitrogens with one attached hydrogen (secondary N) is 2. The molecule has 0 radical (unpaired) electrons. The molecule has 1 saturated heterocycles. The Morgan fingerprint density at radius 3 is 2.47 bits per heavy atom. The van der Waals surface area contributed by atoms with Crippen LogP contribution in [0.2, 0.25) is 0 Å². The minimum Gasteiger partial charge on any atom is -0.497 e. The van der Waals surface area contributed by atoms with Gasteiger partial charge in [-0.2, -0.15) is 0 Å². The Balaban J connectivity index is 1.67. The highest BCUT2D eigenvalue weighted by atomic mass is 32.2. The first-order valence-electron chi connectivity index (χ1n) is 10.2. The van der Waals surface area contributed by atoms with Gasteiger partial charge in [0, 0.05) is 25.6 Å². The Kier molecular flexibility index (Phi) is 7.33. The molecule has 162 valence electrons. The number of hydrogen-bond acceptors (Lipinski definition) is 4. The molecular formula is C22H30N4O3S. The van der Waals surface area contributed by atoms with Crippen molar-refractivity contribution in [2.75, 3.05) is 33.8 Å². The van der Waals surface area contributed by atoms with E-state index in [4.69, 9.17) is 9.73 Å². The van der Waals surface area contributed by atoms with E-state index >= 15 is 0 Å². The van der Waals surface area contributed by atoms with Crippen molar-refractivity contribution in [3.8, 4) is 5.75 Å². The number of methoxy groups -OCH3 is 1. The van der Waals surface area contributed by atoms with Crippen LogP contribution in [0.25, 0.3) is 0 Å². The molecule has 7 nitrogen and oxygen atoms in total. The van der Waals surface area contributed by atoms with Gasteiger partial charge < -0.3 is 15.0 Å². The van der Waals surface area contributed by atoms with Crippen LogP contribution >= 0.6 is 0 Å². The average molecular weight is 431 g/mol. The van der Waals surface area contributed by atoms with Crippen molar-refractivity contribution in [1.82, 2.24) is 14.9 Å². The summed E-state index contributed by atoms with van der Waals surface area (Å²) >= 11 is 0. The molecule has 0 saturated carbocycles. The quantitative estimate of drug-likeness (QED) is 0.521. The Morgan fingerprint density at radius 1 is 1.17 bits per heavy atom. The first kappa shape index (κ1) is 22.1. The summed E-state index contributed by atoms with van der Waals surface area (Å²) in [5.41, 5.74) is 2.28. The maximum atomic E-state index is 11.9. The van der Waals surface area contributed by atoms with E-state index in [1.54, 1.807) is 31.4 Å². The van der Waals surface area contributed by atoms with Gasteiger partial charge in [0.2, 0.25) is 10.0 Å². The fourth-order valence-electron chi connectivity index (χ4n) is 3.58. The molecule has 1 fully saturated rings. The number of aliphatic imine (C=N–C) groups is 1. The molecule has 0 spiro atoms. The zero-order valence-corrected chi connectivity index (χ0v) is 18.6. The van der Waals surface area contributed by atoms with Gasteiger partial charge in [-0.25, -0.2) is 18.1 Å². The number of rotatable bonds is 7. The van der Waals surface area contributed by atoms with Crippen molar-refractivity contribution >= 4 is 16.0 Å². The maximum Gasteiger partial charge on any atom is 0.240 e. The number of sulfonamides is 1. The third-order valence-corrected chi connectivity index (χ3v) is 6.75. The van der Waals surface area contributed by atoms with E-state index in [1.165, 1.54) is 12.6 Å². The molecule has 30 heavy (non-hydrogen) atoms. The van der Waals surface area contributed by atoms with Gasteiger partial charge in [-0.15, -0.1) is 0 Å². The van der Waals surface area contributed by atoms with E-state index in [0.717, 1.165) is 43.3 Å². The smallest absolute Gasteiger partial charge is 0.240 e. The van der Waals surface area contributed by atoms with Crippen LogP contribution in [-0.4, -0.2) is 53.1 Å². The molecule has 0 aromatic heterocycles. The lowest BCUT2D eigenvalue weighted by Crippen LogP contribution is -2.40. The lowest BCUT2D eigenvalue weighted by atomic mass is 9.98. The molecule has 2 N–H and O–H groups in total. The van der Waals surface area contributed by atoms with Gasteiger partial charge in [-0.05, 0) is 55.8 Å². The molecule has 1 atom stereocenters. The lowest BCUT2D eigenvalue weighted by Gasteiger charge is -2.22.